The minimum Gasteiger partial charge on any atom is -0.461 e. The lowest BCUT2D eigenvalue weighted by Gasteiger charge is -2.19. The lowest BCUT2D eigenvalue weighted by Crippen LogP contribution is -2.28. The molecule has 8 heteroatoms. The van der Waals surface area contributed by atoms with E-state index >= 15 is 0 Å². The predicted octanol–water partition coefficient (Wildman–Crippen LogP) is 1.58. The maximum absolute atomic E-state index is 11.9. The van der Waals surface area contributed by atoms with E-state index in [1.165, 1.54) is 6.07 Å². The molecule has 1 heterocycles. The van der Waals surface area contributed by atoms with Crippen LogP contribution < -0.4 is 0 Å². The van der Waals surface area contributed by atoms with Crippen LogP contribution in [0.25, 0.3) is 0 Å². The molecule has 0 bridgehead atoms. The van der Waals surface area contributed by atoms with Gasteiger partial charge in [0.1, 0.15) is 17.8 Å². The summed E-state index contributed by atoms with van der Waals surface area (Å²) in [4.78, 5) is 35.6. The molecule has 0 saturated carbocycles. The van der Waals surface area contributed by atoms with Crippen LogP contribution in [0.3, 0.4) is 0 Å². The molecular weight excluding hydrogens is 304 g/mol. The smallest absolute Gasteiger partial charge is 0.358 e. The number of ether oxygens (including phenoxy) is 3. The molecule has 0 aliphatic carbocycles. The highest BCUT2D eigenvalue weighted by Crippen LogP contribution is 2.11. The van der Waals surface area contributed by atoms with Crippen LogP contribution in [-0.4, -0.2) is 46.5 Å². The molecule has 1 rings (SSSR count). The Labute approximate surface area is 134 Å². The first kappa shape index (κ1) is 18.7. The number of nitrogens with zero attached hydrogens (tertiary/aromatic N) is 2. The number of aromatic nitrogens is 2. The van der Waals surface area contributed by atoms with Gasteiger partial charge in [0.2, 0.25) is 0 Å². The summed E-state index contributed by atoms with van der Waals surface area (Å²) in [5, 5.41) is 3.94. The Morgan fingerprint density at radius 3 is 2.17 bits per heavy atom. The Morgan fingerprint density at radius 2 is 1.65 bits per heavy atom. The van der Waals surface area contributed by atoms with E-state index in [0.29, 0.717) is 0 Å². The van der Waals surface area contributed by atoms with Crippen molar-refractivity contribution in [2.24, 2.45) is 0 Å². The van der Waals surface area contributed by atoms with E-state index in [9.17, 15) is 14.4 Å². The van der Waals surface area contributed by atoms with Crippen LogP contribution in [-0.2, 0) is 25.5 Å². The van der Waals surface area contributed by atoms with Crippen molar-refractivity contribution in [1.29, 1.82) is 0 Å². The number of hydrogen-bond acceptors (Lipinski definition) is 7. The van der Waals surface area contributed by atoms with Crippen LogP contribution in [0.2, 0.25) is 0 Å². The van der Waals surface area contributed by atoms with Crippen molar-refractivity contribution < 1.29 is 28.6 Å². The fourth-order valence-corrected chi connectivity index (χ4v) is 1.71. The highest BCUT2D eigenvalue weighted by atomic mass is 16.6. The molecular formula is C15H22N2O6. The second kappa shape index (κ2) is 7.75. The largest absolute Gasteiger partial charge is 0.461 e. The fraction of sp³-hybridized carbons (Fsp3) is 0.600. The second-order valence-electron chi connectivity index (χ2n) is 5.60. The topological polar surface area (TPSA) is 96.7 Å². The van der Waals surface area contributed by atoms with Crippen LogP contribution in [0, 0.1) is 0 Å². The van der Waals surface area contributed by atoms with Gasteiger partial charge in [-0.3, -0.25) is 4.79 Å². The van der Waals surface area contributed by atoms with Crippen molar-refractivity contribution in [2.45, 2.75) is 46.8 Å². The van der Waals surface area contributed by atoms with Crippen LogP contribution in [0.4, 0.5) is 0 Å². The summed E-state index contributed by atoms with van der Waals surface area (Å²) in [6.45, 7) is 8.50. The maximum atomic E-state index is 11.9. The van der Waals surface area contributed by atoms with E-state index in [0.717, 1.165) is 4.68 Å². The molecule has 8 nitrogen and oxygen atoms in total. The van der Waals surface area contributed by atoms with Crippen molar-refractivity contribution in [1.82, 2.24) is 9.78 Å². The van der Waals surface area contributed by atoms with Crippen LogP contribution in [0.15, 0.2) is 6.07 Å². The molecule has 128 valence electrons. The third-order valence-corrected chi connectivity index (χ3v) is 2.45. The van der Waals surface area contributed by atoms with E-state index in [4.69, 9.17) is 14.2 Å². The van der Waals surface area contributed by atoms with E-state index in [2.05, 4.69) is 5.10 Å². The zero-order valence-electron chi connectivity index (χ0n) is 14.0. The zero-order chi connectivity index (χ0) is 17.6. The van der Waals surface area contributed by atoms with E-state index in [1.807, 2.05) is 0 Å². The molecule has 0 aromatic carbocycles. The van der Waals surface area contributed by atoms with Crippen molar-refractivity contribution in [3.8, 4) is 0 Å². The molecule has 0 unspecified atom stereocenters. The number of carbonyl (C=O) groups is 3. The number of hydrogen-bond donors (Lipinski definition) is 0. The molecule has 0 aliphatic heterocycles. The maximum Gasteiger partial charge on any atom is 0.358 e. The highest BCUT2D eigenvalue weighted by Gasteiger charge is 2.24. The van der Waals surface area contributed by atoms with E-state index < -0.39 is 23.5 Å². The fourth-order valence-electron chi connectivity index (χ4n) is 1.71. The van der Waals surface area contributed by atoms with Gasteiger partial charge in [0.15, 0.2) is 5.69 Å². The Morgan fingerprint density at radius 1 is 1.09 bits per heavy atom. The highest BCUT2D eigenvalue weighted by molar-refractivity contribution is 5.93. The predicted molar refractivity (Wildman–Crippen MR) is 80.0 cm³/mol. The Balaban J connectivity index is 3.05. The van der Waals surface area contributed by atoms with Gasteiger partial charge in [0, 0.05) is 6.07 Å². The first-order valence-corrected chi connectivity index (χ1v) is 7.31. The normalized spacial score (nSPS) is 11.0. The molecule has 0 amide bonds. The summed E-state index contributed by atoms with van der Waals surface area (Å²) in [6, 6.07) is 1.24. The van der Waals surface area contributed by atoms with E-state index in [1.54, 1.807) is 34.6 Å². The lowest BCUT2D eigenvalue weighted by molar-refractivity contribution is -0.155. The molecule has 23 heavy (non-hydrogen) atoms. The molecule has 0 radical (unpaired) electrons. The quantitative estimate of drug-likeness (QED) is 0.578. The Bertz CT molecular complexity index is 585. The SMILES string of the molecule is CCOC(=O)c1cc(C(=O)OCC)n(CC(=O)OC(C)(C)C)n1. The third kappa shape index (κ3) is 5.72. The average Bonchev–Trinajstić information content (AvgIpc) is 2.81. The van der Waals surface area contributed by atoms with Crippen LogP contribution in [0.5, 0.6) is 0 Å². The monoisotopic (exact) mass is 326 g/mol. The summed E-state index contributed by atoms with van der Waals surface area (Å²) in [6.07, 6.45) is 0. The van der Waals surface area contributed by atoms with Gasteiger partial charge in [-0.1, -0.05) is 0 Å². The molecule has 1 aromatic heterocycles. The first-order chi connectivity index (χ1) is 10.7. The summed E-state index contributed by atoms with van der Waals surface area (Å²) in [5.41, 5.74) is -0.752. The molecule has 0 N–H and O–H groups in total. The van der Waals surface area contributed by atoms with Gasteiger partial charge in [0.25, 0.3) is 0 Å². The van der Waals surface area contributed by atoms with Crippen LogP contribution >= 0.6 is 0 Å². The van der Waals surface area contributed by atoms with Gasteiger partial charge < -0.3 is 14.2 Å². The van der Waals surface area contributed by atoms with Crippen LogP contribution in [0.1, 0.15) is 55.6 Å². The number of rotatable bonds is 6. The summed E-state index contributed by atoms with van der Waals surface area (Å²) in [7, 11) is 0. The third-order valence-electron chi connectivity index (χ3n) is 2.45. The average molecular weight is 326 g/mol. The molecule has 0 spiro atoms. The Kier molecular flexibility index (Phi) is 6.29. The number of esters is 3. The van der Waals surface area contributed by atoms with Gasteiger partial charge in [-0.05, 0) is 34.6 Å². The van der Waals surface area contributed by atoms with Crippen molar-refractivity contribution in [3.63, 3.8) is 0 Å². The first-order valence-electron chi connectivity index (χ1n) is 7.31. The molecule has 0 fully saturated rings. The van der Waals surface area contributed by atoms with Gasteiger partial charge in [-0.15, -0.1) is 0 Å². The van der Waals surface area contributed by atoms with Gasteiger partial charge >= 0.3 is 17.9 Å². The molecule has 1 aromatic rings. The van der Waals surface area contributed by atoms with Crippen molar-refractivity contribution in [2.75, 3.05) is 13.2 Å². The van der Waals surface area contributed by atoms with Crippen molar-refractivity contribution in [3.05, 3.63) is 17.5 Å². The van der Waals surface area contributed by atoms with Crippen molar-refractivity contribution >= 4 is 17.9 Å². The molecule has 0 saturated heterocycles. The van der Waals surface area contributed by atoms with Gasteiger partial charge in [-0.2, -0.15) is 5.10 Å². The van der Waals surface area contributed by atoms with Gasteiger partial charge in [0.05, 0.1) is 13.2 Å². The van der Waals surface area contributed by atoms with Gasteiger partial charge in [-0.25, -0.2) is 14.3 Å². The second-order valence-corrected chi connectivity index (χ2v) is 5.60. The van der Waals surface area contributed by atoms with E-state index in [-0.39, 0.29) is 31.1 Å². The molecule has 0 atom stereocenters. The Hall–Kier alpha value is -2.38. The zero-order valence-corrected chi connectivity index (χ0v) is 14.0. The molecule has 0 aliphatic rings. The minimum atomic E-state index is -0.681. The summed E-state index contributed by atoms with van der Waals surface area (Å²) >= 11 is 0. The lowest BCUT2D eigenvalue weighted by atomic mass is 10.2. The minimum absolute atomic E-state index is 0.0132. The summed E-state index contributed by atoms with van der Waals surface area (Å²) in [5.74, 6) is -1.94. The summed E-state index contributed by atoms with van der Waals surface area (Å²) < 4.78 is 16.0. The number of carbonyl (C=O) groups excluding carboxylic acids is 3. The standard InChI is InChI=1S/C15H22N2O6/c1-6-21-13(19)10-8-11(14(20)22-7-2)17(16-10)9-12(18)23-15(3,4)5/h8H,6-7,9H2,1-5H3.